The molecule has 0 bridgehead atoms. The van der Waals surface area contributed by atoms with Gasteiger partial charge in [-0.3, -0.25) is 4.79 Å². The second-order valence-electron chi connectivity index (χ2n) is 9.37. The standard InChI is InChI=1S/C24H35N3O4S/c1-2-16-32-22-19(21(28)25-18-6-4-3-5-7-18)8-9-20(26-22)27-14-10-17(11-15-27)24(12-13-24)31-23(29)30/h8-9,17-18H,2-7,10-16H2,1H3,(H,25,28)(H,29,30). The Morgan fingerprint density at radius 2 is 1.91 bits per heavy atom. The summed E-state index contributed by atoms with van der Waals surface area (Å²) in [6, 6.07) is 4.18. The zero-order valence-electron chi connectivity index (χ0n) is 19.0. The number of aromatic nitrogens is 1. The first-order chi connectivity index (χ1) is 15.5. The van der Waals surface area contributed by atoms with E-state index in [4.69, 9.17) is 14.8 Å². The molecule has 2 N–H and O–H groups in total. The van der Waals surface area contributed by atoms with Crippen molar-refractivity contribution in [1.29, 1.82) is 0 Å². The fourth-order valence-corrected chi connectivity index (χ4v) is 6.00. The Morgan fingerprint density at radius 3 is 2.53 bits per heavy atom. The Kier molecular flexibility index (Phi) is 7.48. The summed E-state index contributed by atoms with van der Waals surface area (Å²) in [6.07, 6.45) is 9.11. The second-order valence-corrected chi connectivity index (χ2v) is 10.5. The number of piperidine rings is 1. The van der Waals surface area contributed by atoms with Crippen molar-refractivity contribution in [3.63, 3.8) is 0 Å². The maximum Gasteiger partial charge on any atom is 0.506 e. The highest BCUT2D eigenvalue weighted by Gasteiger charge is 2.53. The lowest BCUT2D eigenvalue weighted by molar-refractivity contribution is 0.00225. The maximum atomic E-state index is 13.0. The van der Waals surface area contributed by atoms with Gasteiger partial charge in [-0.1, -0.05) is 26.2 Å². The van der Waals surface area contributed by atoms with Crippen molar-refractivity contribution in [3.8, 4) is 0 Å². The van der Waals surface area contributed by atoms with Crippen molar-refractivity contribution < 1.29 is 19.4 Å². The average Bonchev–Trinajstić information content (AvgIpc) is 3.58. The molecule has 1 aliphatic heterocycles. The molecule has 2 saturated carbocycles. The average molecular weight is 462 g/mol. The lowest BCUT2D eigenvalue weighted by Crippen LogP contribution is -2.41. The Labute approximate surface area is 194 Å². The first-order valence-electron chi connectivity index (χ1n) is 12.1. The van der Waals surface area contributed by atoms with Crippen LogP contribution in [0.25, 0.3) is 0 Å². The highest BCUT2D eigenvalue weighted by molar-refractivity contribution is 7.99. The van der Waals surface area contributed by atoms with E-state index in [2.05, 4.69) is 17.1 Å². The van der Waals surface area contributed by atoms with Gasteiger partial charge in [0.2, 0.25) is 0 Å². The molecule has 3 aliphatic rings. The first kappa shape index (κ1) is 23.2. The molecule has 176 valence electrons. The highest BCUT2D eigenvalue weighted by atomic mass is 32.2. The summed E-state index contributed by atoms with van der Waals surface area (Å²) in [5.41, 5.74) is 0.230. The minimum Gasteiger partial charge on any atom is -0.450 e. The van der Waals surface area contributed by atoms with Crippen molar-refractivity contribution >= 4 is 29.6 Å². The molecule has 0 aromatic carbocycles. The molecule has 0 unspecified atom stereocenters. The Hall–Kier alpha value is -1.96. The lowest BCUT2D eigenvalue weighted by Gasteiger charge is -2.36. The number of carboxylic acid groups (broad SMARTS) is 1. The fraction of sp³-hybridized carbons (Fsp3) is 0.708. The fourth-order valence-electron chi connectivity index (χ4n) is 5.12. The van der Waals surface area contributed by atoms with E-state index in [1.165, 1.54) is 19.3 Å². The van der Waals surface area contributed by atoms with E-state index in [0.717, 1.165) is 74.6 Å². The van der Waals surface area contributed by atoms with Crippen molar-refractivity contribution in [2.45, 2.75) is 87.8 Å². The van der Waals surface area contributed by atoms with E-state index in [1.54, 1.807) is 11.8 Å². The Bertz CT molecular complexity index is 815. The van der Waals surface area contributed by atoms with Gasteiger partial charge in [-0.25, -0.2) is 9.78 Å². The van der Waals surface area contributed by atoms with Gasteiger partial charge in [0, 0.05) is 25.0 Å². The van der Waals surface area contributed by atoms with E-state index >= 15 is 0 Å². The van der Waals surface area contributed by atoms with Gasteiger partial charge < -0.3 is 20.1 Å². The van der Waals surface area contributed by atoms with E-state index in [-0.39, 0.29) is 17.9 Å². The summed E-state index contributed by atoms with van der Waals surface area (Å²) in [7, 11) is 0. The first-order valence-corrected chi connectivity index (χ1v) is 13.1. The third kappa shape index (κ3) is 5.50. The quantitative estimate of drug-likeness (QED) is 0.411. The van der Waals surface area contributed by atoms with Crippen LogP contribution in [0.15, 0.2) is 17.2 Å². The molecule has 1 amide bonds. The van der Waals surface area contributed by atoms with E-state index in [1.807, 2.05) is 12.1 Å². The number of hydrogen-bond donors (Lipinski definition) is 2. The minimum atomic E-state index is -1.16. The van der Waals surface area contributed by atoms with Crippen molar-refractivity contribution in [2.75, 3.05) is 23.7 Å². The van der Waals surface area contributed by atoms with Crippen LogP contribution in [0.4, 0.5) is 10.6 Å². The van der Waals surface area contributed by atoms with Gasteiger partial charge in [0.1, 0.15) is 16.4 Å². The number of amides is 1. The van der Waals surface area contributed by atoms with Crippen LogP contribution < -0.4 is 10.2 Å². The predicted octanol–water partition coefficient (Wildman–Crippen LogP) is 5.09. The number of ether oxygens (including phenoxy) is 1. The molecule has 4 rings (SSSR count). The third-order valence-corrected chi connectivity index (χ3v) is 8.27. The molecular weight excluding hydrogens is 426 g/mol. The summed E-state index contributed by atoms with van der Waals surface area (Å²) >= 11 is 1.65. The number of nitrogens with one attached hydrogen (secondary N) is 1. The minimum absolute atomic E-state index is 0.00486. The summed E-state index contributed by atoms with van der Waals surface area (Å²) in [5, 5.41) is 13.1. The van der Waals surface area contributed by atoms with Crippen molar-refractivity contribution in [1.82, 2.24) is 10.3 Å². The monoisotopic (exact) mass is 461 g/mol. The van der Waals surface area contributed by atoms with Gasteiger partial charge in [0.15, 0.2) is 0 Å². The largest absolute Gasteiger partial charge is 0.506 e. The van der Waals surface area contributed by atoms with Crippen LogP contribution in [0.3, 0.4) is 0 Å². The molecule has 3 fully saturated rings. The summed E-state index contributed by atoms with van der Waals surface area (Å²) in [4.78, 5) is 31.2. The van der Waals surface area contributed by atoms with Crippen LogP contribution >= 0.6 is 11.8 Å². The Morgan fingerprint density at radius 1 is 1.19 bits per heavy atom. The number of carbonyl (C=O) groups excluding carboxylic acids is 1. The van der Waals surface area contributed by atoms with E-state index < -0.39 is 11.8 Å². The van der Waals surface area contributed by atoms with Crippen LogP contribution in [0, 0.1) is 5.92 Å². The summed E-state index contributed by atoms with van der Waals surface area (Å²) < 4.78 is 5.23. The molecule has 1 saturated heterocycles. The number of rotatable bonds is 8. The summed E-state index contributed by atoms with van der Waals surface area (Å²) in [5.74, 6) is 2.11. The number of hydrogen-bond acceptors (Lipinski definition) is 6. The number of pyridine rings is 1. The number of nitrogens with zero attached hydrogens (tertiary/aromatic N) is 2. The van der Waals surface area contributed by atoms with E-state index in [0.29, 0.717) is 5.56 Å². The van der Waals surface area contributed by atoms with Gasteiger partial charge in [-0.2, -0.15) is 0 Å². The predicted molar refractivity (Wildman–Crippen MR) is 126 cm³/mol. The number of thioether (sulfide) groups is 1. The molecular formula is C24H35N3O4S. The van der Waals surface area contributed by atoms with E-state index in [9.17, 15) is 9.59 Å². The van der Waals surface area contributed by atoms with Gasteiger partial charge >= 0.3 is 6.16 Å². The van der Waals surface area contributed by atoms with Crippen LogP contribution in [-0.4, -0.2) is 52.6 Å². The zero-order chi connectivity index (χ0) is 22.6. The molecule has 8 heteroatoms. The summed E-state index contributed by atoms with van der Waals surface area (Å²) in [6.45, 7) is 3.79. The normalized spacial score (nSPS) is 21.2. The van der Waals surface area contributed by atoms with Crippen molar-refractivity contribution in [3.05, 3.63) is 17.7 Å². The SMILES string of the molecule is CCCSc1nc(N2CCC(C3(OC(=O)O)CC3)CC2)ccc1C(=O)NC1CCCCC1. The lowest BCUT2D eigenvalue weighted by atomic mass is 9.89. The van der Waals surface area contributed by atoms with Crippen LogP contribution in [-0.2, 0) is 4.74 Å². The van der Waals surface area contributed by atoms with Gasteiger partial charge in [-0.05, 0) is 62.8 Å². The number of carbonyl (C=O) groups is 2. The Balaban J connectivity index is 1.42. The van der Waals surface area contributed by atoms with Crippen LogP contribution in [0.5, 0.6) is 0 Å². The van der Waals surface area contributed by atoms with Gasteiger partial charge in [-0.15, -0.1) is 11.8 Å². The molecule has 0 atom stereocenters. The zero-order valence-corrected chi connectivity index (χ0v) is 19.8. The van der Waals surface area contributed by atoms with Crippen LogP contribution in [0.1, 0.15) is 81.5 Å². The topological polar surface area (TPSA) is 91.8 Å². The third-order valence-electron chi connectivity index (χ3n) is 7.07. The highest BCUT2D eigenvalue weighted by Crippen LogP contribution is 2.50. The molecule has 2 aliphatic carbocycles. The molecule has 1 aromatic heterocycles. The molecule has 1 aromatic rings. The van der Waals surface area contributed by atoms with Gasteiger partial charge in [0.25, 0.3) is 5.91 Å². The maximum absolute atomic E-state index is 13.0. The molecule has 7 nitrogen and oxygen atoms in total. The number of anilines is 1. The van der Waals surface area contributed by atoms with Crippen LogP contribution in [0.2, 0.25) is 0 Å². The second kappa shape index (κ2) is 10.3. The molecule has 32 heavy (non-hydrogen) atoms. The molecule has 2 heterocycles. The molecule has 0 spiro atoms. The van der Waals surface area contributed by atoms with Crippen molar-refractivity contribution in [2.24, 2.45) is 5.92 Å². The molecule has 0 radical (unpaired) electrons. The smallest absolute Gasteiger partial charge is 0.450 e. The van der Waals surface area contributed by atoms with Gasteiger partial charge in [0.05, 0.1) is 5.56 Å².